The standard InChI is InChI=1S/C13H15ClN2O5S/c14-12-11(5-10(21-12)13(17)18)22(19,20)16-7-9-3-1-8(6-15)2-4-9/h5,8-9,16H,1-4,7H2,(H,17,18). The lowest BCUT2D eigenvalue weighted by atomic mass is 9.83. The molecule has 0 spiro atoms. The third kappa shape index (κ3) is 3.80. The van der Waals surface area contributed by atoms with E-state index in [0.29, 0.717) is 0 Å². The van der Waals surface area contributed by atoms with Crippen LogP contribution in [0.15, 0.2) is 15.4 Å². The van der Waals surface area contributed by atoms with E-state index >= 15 is 0 Å². The van der Waals surface area contributed by atoms with Gasteiger partial charge in [-0.1, -0.05) is 0 Å². The van der Waals surface area contributed by atoms with Crippen molar-refractivity contribution in [3.8, 4) is 6.07 Å². The zero-order valence-corrected chi connectivity index (χ0v) is 13.2. The van der Waals surface area contributed by atoms with Crippen LogP contribution in [0.5, 0.6) is 0 Å². The number of hydrogen-bond acceptors (Lipinski definition) is 5. The Morgan fingerprint density at radius 1 is 1.45 bits per heavy atom. The van der Waals surface area contributed by atoms with Crippen molar-refractivity contribution in [2.75, 3.05) is 6.54 Å². The molecular formula is C13H15ClN2O5S. The van der Waals surface area contributed by atoms with Crippen molar-refractivity contribution in [2.24, 2.45) is 11.8 Å². The Morgan fingerprint density at radius 3 is 2.59 bits per heavy atom. The molecule has 0 amide bonds. The molecule has 1 aromatic rings. The first-order chi connectivity index (χ1) is 10.3. The van der Waals surface area contributed by atoms with E-state index in [9.17, 15) is 13.2 Å². The first kappa shape index (κ1) is 16.8. The van der Waals surface area contributed by atoms with Crippen molar-refractivity contribution in [1.29, 1.82) is 5.26 Å². The predicted octanol–water partition coefficient (Wildman–Crippen LogP) is 2.24. The molecule has 2 N–H and O–H groups in total. The summed E-state index contributed by atoms with van der Waals surface area (Å²) in [5, 5.41) is 17.1. The first-order valence-electron chi connectivity index (χ1n) is 6.75. The van der Waals surface area contributed by atoms with E-state index in [1.54, 1.807) is 0 Å². The Kier molecular flexibility index (Phi) is 5.11. The topological polar surface area (TPSA) is 120 Å². The summed E-state index contributed by atoms with van der Waals surface area (Å²) in [7, 11) is -3.93. The van der Waals surface area contributed by atoms with E-state index in [0.717, 1.165) is 31.7 Å². The van der Waals surface area contributed by atoms with E-state index in [2.05, 4.69) is 10.8 Å². The third-order valence-electron chi connectivity index (χ3n) is 3.75. The Labute approximate surface area is 132 Å². The number of aromatic carboxylic acids is 1. The molecule has 1 heterocycles. The molecule has 9 heteroatoms. The molecule has 0 aliphatic heterocycles. The van der Waals surface area contributed by atoms with Crippen LogP contribution in [0, 0.1) is 23.2 Å². The average Bonchev–Trinajstić information content (AvgIpc) is 2.89. The summed E-state index contributed by atoms with van der Waals surface area (Å²) in [6.07, 6.45) is 3.08. The highest BCUT2D eigenvalue weighted by Gasteiger charge is 2.27. The lowest BCUT2D eigenvalue weighted by molar-refractivity contribution is 0.0662. The molecule has 0 bridgehead atoms. The minimum Gasteiger partial charge on any atom is -0.475 e. The maximum atomic E-state index is 12.2. The molecule has 0 unspecified atom stereocenters. The van der Waals surface area contributed by atoms with Crippen LogP contribution in [0.1, 0.15) is 36.2 Å². The van der Waals surface area contributed by atoms with Gasteiger partial charge in [0, 0.05) is 18.5 Å². The minimum absolute atomic E-state index is 0.0503. The number of rotatable bonds is 5. The van der Waals surface area contributed by atoms with Crippen molar-refractivity contribution < 1.29 is 22.7 Å². The number of nitriles is 1. The van der Waals surface area contributed by atoms with Gasteiger partial charge in [0.15, 0.2) is 0 Å². The van der Waals surface area contributed by atoms with Gasteiger partial charge in [-0.2, -0.15) is 5.26 Å². The van der Waals surface area contributed by atoms with Crippen LogP contribution in [0.4, 0.5) is 0 Å². The van der Waals surface area contributed by atoms with Crippen molar-refractivity contribution in [1.82, 2.24) is 4.72 Å². The lowest BCUT2D eigenvalue weighted by Crippen LogP contribution is -2.31. The van der Waals surface area contributed by atoms with Crippen molar-refractivity contribution in [3.05, 3.63) is 17.0 Å². The highest BCUT2D eigenvalue weighted by Crippen LogP contribution is 2.29. The van der Waals surface area contributed by atoms with Gasteiger partial charge < -0.3 is 9.52 Å². The van der Waals surface area contributed by atoms with Crippen LogP contribution in [-0.2, 0) is 10.0 Å². The number of furan rings is 1. The van der Waals surface area contributed by atoms with Crippen LogP contribution < -0.4 is 4.72 Å². The summed E-state index contributed by atoms with van der Waals surface area (Å²) in [5.41, 5.74) is 0. The molecular weight excluding hydrogens is 332 g/mol. The quantitative estimate of drug-likeness (QED) is 0.843. The van der Waals surface area contributed by atoms with Crippen LogP contribution in [0.25, 0.3) is 0 Å². The molecule has 1 aromatic heterocycles. The minimum atomic E-state index is -3.93. The maximum absolute atomic E-state index is 12.2. The average molecular weight is 347 g/mol. The van der Waals surface area contributed by atoms with Gasteiger partial charge in [-0.3, -0.25) is 0 Å². The fraction of sp³-hybridized carbons (Fsp3) is 0.538. The molecule has 0 atom stereocenters. The number of carboxylic acids is 1. The van der Waals surface area contributed by atoms with Gasteiger partial charge >= 0.3 is 5.97 Å². The zero-order valence-electron chi connectivity index (χ0n) is 11.6. The largest absolute Gasteiger partial charge is 0.475 e. The number of hydrogen-bond donors (Lipinski definition) is 2. The van der Waals surface area contributed by atoms with Gasteiger partial charge in [-0.25, -0.2) is 17.9 Å². The molecule has 1 aliphatic rings. The fourth-order valence-corrected chi connectivity index (χ4v) is 4.01. The first-order valence-corrected chi connectivity index (χ1v) is 8.61. The summed E-state index contributed by atoms with van der Waals surface area (Å²) < 4.78 is 31.4. The number of carboxylic acid groups (broad SMARTS) is 1. The predicted molar refractivity (Wildman–Crippen MR) is 76.9 cm³/mol. The van der Waals surface area contributed by atoms with Gasteiger partial charge in [0.2, 0.25) is 21.0 Å². The van der Waals surface area contributed by atoms with Crippen LogP contribution in [-0.4, -0.2) is 26.0 Å². The number of halogens is 1. The lowest BCUT2D eigenvalue weighted by Gasteiger charge is -2.24. The van der Waals surface area contributed by atoms with E-state index in [1.165, 1.54) is 0 Å². The maximum Gasteiger partial charge on any atom is 0.371 e. The van der Waals surface area contributed by atoms with E-state index in [4.69, 9.17) is 26.4 Å². The molecule has 1 saturated carbocycles. The zero-order chi connectivity index (χ0) is 16.3. The fourth-order valence-electron chi connectivity index (χ4n) is 2.44. The molecule has 120 valence electrons. The molecule has 1 aliphatic carbocycles. The molecule has 2 rings (SSSR count). The molecule has 0 radical (unpaired) electrons. The van der Waals surface area contributed by atoms with Crippen molar-refractivity contribution >= 4 is 27.6 Å². The summed E-state index contributed by atoms with van der Waals surface area (Å²) in [6.45, 7) is 0.227. The highest BCUT2D eigenvalue weighted by molar-refractivity contribution is 7.89. The molecule has 22 heavy (non-hydrogen) atoms. The molecule has 0 saturated heterocycles. The summed E-state index contributed by atoms with van der Waals surface area (Å²) in [5.74, 6) is -1.71. The smallest absolute Gasteiger partial charge is 0.371 e. The van der Waals surface area contributed by atoms with Crippen molar-refractivity contribution in [2.45, 2.75) is 30.6 Å². The van der Waals surface area contributed by atoms with Gasteiger partial charge in [0.1, 0.15) is 4.90 Å². The van der Waals surface area contributed by atoms with Crippen LogP contribution >= 0.6 is 11.6 Å². The summed E-state index contributed by atoms with van der Waals surface area (Å²) >= 11 is 5.65. The van der Waals surface area contributed by atoms with Crippen molar-refractivity contribution in [3.63, 3.8) is 0 Å². The Hall–Kier alpha value is -1.56. The van der Waals surface area contributed by atoms with Gasteiger partial charge in [0.25, 0.3) is 0 Å². The second kappa shape index (κ2) is 6.69. The van der Waals surface area contributed by atoms with Crippen LogP contribution in [0.3, 0.4) is 0 Å². The van der Waals surface area contributed by atoms with E-state index in [1.807, 2.05) is 0 Å². The second-order valence-corrected chi connectivity index (χ2v) is 7.33. The normalized spacial score (nSPS) is 22.2. The highest BCUT2D eigenvalue weighted by atomic mass is 35.5. The van der Waals surface area contributed by atoms with Crippen LogP contribution in [0.2, 0.25) is 5.22 Å². The second-order valence-electron chi connectivity index (χ2n) is 5.25. The third-order valence-corrected chi connectivity index (χ3v) is 5.57. The van der Waals surface area contributed by atoms with Gasteiger partial charge in [-0.05, 0) is 43.2 Å². The van der Waals surface area contributed by atoms with E-state index < -0.39 is 27.0 Å². The monoisotopic (exact) mass is 346 g/mol. The summed E-state index contributed by atoms with van der Waals surface area (Å²) in [4.78, 5) is 10.4. The van der Waals surface area contributed by atoms with E-state index in [-0.39, 0.29) is 23.3 Å². The van der Waals surface area contributed by atoms with Gasteiger partial charge in [0.05, 0.1) is 6.07 Å². The number of nitrogens with one attached hydrogen (secondary N) is 1. The number of nitrogens with zero attached hydrogens (tertiary/aromatic N) is 1. The Morgan fingerprint density at radius 2 is 2.09 bits per heavy atom. The molecule has 7 nitrogen and oxygen atoms in total. The molecule has 0 aromatic carbocycles. The Bertz CT molecular complexity index is 699. The summed E-state index contributed by atoms with van der Waals surface area (Å²) in [6, 6.07) is 3.11. The number of sulfonamides is 1. The van der Waals surface area contributed by atoms with Gasteiger partial charge in [-0.15, -0.1) is 0 Å². The molecule has 1 fully saturated rings. The number of carbonyl (C=O) groups is 1. The SMILES string of the molecule is N#CC1CCC(CNS(=O)(=O)c2cc(C(=O)O)oc2Cl)CC1. The Balaban J connectivity index is 2.00.